The predicted molar refractivity (Wildman–Crippen MR) is 90.3 cm³/mol. The molecule has 1 heterocycles. The van der Waals surface area contributed by atoms with E-state index in [1.54, 1.807) is 0 Å². The first-order valence-electron chi connectivity index (χ1n) is 7.29. The molecule has 0 aliphatic carbocycles. The van der Waals surface area contributed by atoms with E-state index in [9.17, 15) is 22.4 Å². The number of halogens is 4. The van der Waals surface area contributed by atoms with Crippen molar-refractivity contribution in [1.82, 2.24) is 15.6 Å². The van der Waals surface area contributed by atoms with E-state index < -0.39 is 23.6 Å². The lowest BCUT2D eigenvalue weighted by Crippen LogP contribution is -2.41. The minimum Gasteiger partial charge on any atom is -0.350 e. The number of rotatable bonds is 5. The van der Waals surface area contributed by atoms with Gasteiger partial charge >= 0.3 is 6.18 Å². The molecule has 0 atom stereocenters. The molecular formula is C15H15F4N5OS. The maximum Gasteiger partial charge on any atom is 0.434 e. The summed E-state index contributed by atoms with van der Waals surface area (Å²) < 4.78 is 50.3. The molecule has 0 bridgehead atoms. The Kier molecular flexibility index (Phi) is 6.50. The van der Waals surface area contributed by atoms with Gasteiger partial charge in [0.1, 0.15) is 10.8 Å². The molecular weight excluding hydrogens is 374 g/mol. The quantitative estimate of drug-likeness (QED) is 0.417. The number of aromatic nitrogens is 1. The van der Waals surface area contributed by atoms with Crippen molar-refractivity contribution >= 4 is 28.9 Å². The van der Waals surface area contributed by atoms with Crippen LogP contribution in [0.4, 0.5) is 23.2 Å². The van der Waals surface area contributed by atoms with Gasteiger partial charge in [0.2, 0.25) is 5.91 Å². The van der Waals surface area contributed by atoms with Crippen LogP contribution in [0, 0.1) is 5.82 Å². The molecule has 140 valence electrons. The molecule has 0 radical (unpaired) electrons. The molecule has 0 spiro atoms. The molecule has 0 aliphatic heterocycles. The van der Waals surface area contributed by atoms with E-state index >= 15 is 0 Å². The largest absolute Gasteiger partial charge is 0.434 e. The molecule has 1 aromatic carbocycles. The number of alkyl halides is 3. The molecule has 3 N–H and O–H groups in total. The van der Waals surface area contributed by atoms with Crippen LogP contribution in [0.1, 0.15) is 10.7 Å². The molecule has 1 aromatic heterocycles. The fourth-order valence-electron chi connectivity index (χ4n) is 1.80. The van der Waals surface area contributed by atoms with E-state index in [2.05, 4.69) is 25.9 Å². The first kappa shape index (κ1) is 19.6. The van der Waals surface area contributed by atoms with E-state index in [-0.39, 0.29) is 24.1 Å². The van der Waals surface area contributed by atoms with Crippen LogP contribution in [-0.2, 0) is 17.5 Å². The van der Waals surface area contributed by atoms with E-state index in [0.717, 1.165) is 16.7 Å². The van der Waals surface area contributed by atoms with Gasteiger partial charge in [0.25, 0.3) is 0 Å². The van der Waals surface area contributed by atoms with E-state index in [1.807, 2.05) is 0 Å². The Morgan fingerprint density at radius 2 is 1.92 bits per heavy atom. The van der Waals surface area contributed by atoms with Crippen LogP contribution in [0.25, 0.3) is 0 Å². The van der Waals surface area contributed by atoms with Gasteiger partial charge in [-0.25, -0.2) is 9.37 Å². The maximum atomic E-state index is 12.8. The SMILES string of the molecule is CN=C(NCC(=O)Nc1ccc(F)cc1)NCc1nc(C(F)(F)F)cs1. The van der Waals surface area contributed by atoms with Crippen molar-refractivity contribution in [3.8, 4) is 0 Å². The van der Waals surface area contributed by atoms with Crippen molar-refractivity contribution in [1.29, 1.82) is 0 Å². The van der Waals surface area contributed by atoms with Crippen LogP contribution in [0.2, 0.25) is 0 Å². The average Bonchev–Trinajstić information content (AvgIpc) is 3.06. The highest BCUT2D eigenvalue weighted by Crippen LogP contribution is 2.29. The van der Waals surface area contributed by atoms with Gasteiger partial charge in [-0.15, -0.1) is 11.3 Å². The molecule has 1 amide bonds. The van der Waals surface area contributed by atoms with Gasteiger partial charge in [-0.1, -0.05) is 0 Å². The Balaban J connectivity index is 1.79. The van der Waals surface area contributed by atoms with Gasteiger partial charge in [-0.05, 0) is 24.3 Å². The lowest BCUT2D eigenvalue weighted by Gasteiger charge is -2.11. The maximum absolute atomic E-state index is 12.8. The fraction of sp³-hybridized carbons (Fsp3) is 0.267. The van der Waals surface area contributed by atoms with Crippen molar-refractivity contribution < 1.29 is 22.4 Å². The molecule has 26 heavy (non-hydrogen) atoms. The van der Waals surface area contributed by atoms with E-state index in [4.69, 9.17) is 0 Å². The summed E-state index contributed by atoms with van der Waals surface area (Å²) in [5.74, 6) is -0.585. The molecule has 0 fully saturated rings. The molecule has 2 aromatic rings. The number of benzene rings is 1. The number of carbonyl (C=O) groups is 1. The van der Waals surface area contributed by atoms with Gasteiger partial charge in [0, 0.05) is 18.1 Å². The van der Waals surface area contributed by atoms with Gasteiger partial charge in [0.15, 0.2) is 11.7 Å². The number of hydrogen-bond donors (Lipinski definition) is 3. The summed E-state index contributed by atoms with van der Waals surface area (Å²) in [6.45, 7) is -0.108. The average molecular weight is 389 g/mol. The Morgan fingerprint density at radius 1 is 1.23 bits per heavy atom. The van der Waals surface area contributed by atoms with Crippen LogP contribution in [0.5, 0.6) is 0 Å². The van der Waals surface area contributed by atoms with Gasteiger partial charge in [0.05, 0.1) is 13.1 Å². The Bertz CT molecular complexity index is 773. The summed E-state index contributed by atoms with van der Waals surface area (Å²) in [4.78, 5) is 19.2. The first-order valence-corrected chi connectivity index (χ1v) is 8.17. The van der Waals surface area contributed by atoms with Crippen LogP contribution < -0.4 is 16.0 Å². The minimum absolute atomic E-state index is 0.0278. The summed E-state index contributed by atoms with van der Waals surface area (Å²) in [5, 5.41) is 9.21. The summed E-state index contributed by atoms with van der Waals surface area (Å²) >= 11 is 0.870. The number of nitrogens with zero attached hydrogens (tertiary/aromatic N) is 2. The number of thiazole rings is 1. The predicted octanol–water partition coefficient (Wildman–Crippen LogP) is 2.60. The zero-order chi connectivity index (χ0) is 19.2. The first-order chi connectivity index (χ1) is 12.3. The Hall–Kier alpha value is -2.69. The summed E-state index contributed by atoms with van der Waals surface area (Å²) in [6, 6.07) is 5.27. The lowest BCUT2D eigenvalue weighted by atomic mass is 10.3. The zero-order valence-corrected chi connectivity index (χ0v) is 14.3. The van der Waals surface area contributed by atoms with Crippen molar-refractivity contribution in [2.24, 2.45) is 4.99 Å². The topological polar surface area (TPSA) is 78.4 Å². The monoisotopic (exact) mass is 389 g/mol. The second kappa shape index (κ2) is 8.61. The molecule has 0 saturated carbocycles. The zero-order valence-electron chi connectivity index (χ0n) is 13.5. The van der Waals surface area contributed by atoms with Crippen LogP contribution in [-0.4, -0.2) is 30.4 Å². The molecule has 6 nitrogen and oxygen atoms in total. The number of aliphatic imine (C=N–C) groups is 1. The van der Waals surface area contributed by atoms with Crippen molar-refractivity contribution in [3.63, 3.8) is 0 Å². The molecule has 0 unspecified atom stereocenters. The number of carbonyl (C=O) groups excluding carboxylic acids is 1. The number of hydrogen-bond acceptors (Lipinski definition) is 4. The minimum atomic E-state index is -4.48. The molecule has 11 heteroatoms. The summed E-state index contributed by atoms with van der Waals surface area (Å²) in [5.41, 5.74) is -0.510. The number of anilines is 1. The number of nitrogens with one attached hydrogen (secondary N) is 3. The highest BCUT2D eigenvalue weighted by atomic mass is 32.1. The van der Waals surface area contributed by atoms with Crippen molar-refractivity contribution in [2.45, 2.75) is 12.7 Å². The highest BCUT2D eigenvalue weighted by Gasteiger charge is 2.33. The van der Waals surface area contributed by atoms with E-state index in [1.165, 1.54) is 31.3 Å². The molecule has 2 rings (SSSR count). The van der Waals surface area contributed by atoms with Crippen LogP contribution >= 0.6 is 11.3 Å². The smallest absolute Gasteiger partial charge is 0.350 e. The summed E-state index contributed by atoms with van der Waals surface area (Å²) in [6.07, 6.45) is -4.48. The van der Waals surface area contributed by atoms with Gasteiger partial charge in [-0.2, -0.15) is 13.2 Å². The second-order valence-corrected chi connectivity index (χ2v) is 5.90. The Morgan fingerprint density at radius 3 is 2.50 bits per heavy atom. The van der Waals surface area contributed by atoms with E-state index in [0.29, 0.717) is 5.69 Å². The normalized spacial score (nSPS) is 12.0. The third kappa shape index (κ3) is 5.99. The third-order valence-electron chi connectivity index (χ3n) is 3.02. The standard InChI is InChI=1S/C15H15F4N5OS/c1-20-14(22-7-13-24-11(8-26-13)15(17,18)19)21-6-12(25)23-10-4-2-9(16)3-5-10/h2-5,8H,6-7H2,1H3,(H,23,25)(H2,20,21,22). The van der Waals surface area contributed by atoms with Crippen LogP contribution in [0.15, 0.2) is 34.6 Å². The number of guanidine groups is 1. The number of amides is 1. The second-order valence-electron chi connectivity index (χ2n) is 4.96. The molecule has 0 saturated heterocycles. The van der Waals surface area contributed by atoms with Crippen LogP contribution in [0.3, 0.4) is 0 Å². The van der Waals surface area contributed by atoms with Gasteiger partial charge in [-0.3, -0.25) is 9.79 Å². The third-order valence-corrected chi connectivity index (χ3v) is 3.87. The lowest BCUT2D eigenvalue weighted by molar-refractivity contribution is -0.140. The van der Waals surface area contributed by atoms with Crippen molar-refractivity contribution in [2.75, 3.05) is 18.9 Å². The summed E-state index contributed by atoms with van der Waals surface area (Å²) in [7, 11) is 1.45. The fourth-order valence-corrected chi connectivity index (χ4v) is 2.55. The Labute approximate surface area is 150 Å². The molecule has 0 aliphatic rings. The van der Waals surface area contributed by atoms with Gasteiger partial charge < -0.3 is 16.0 Å². The highest BCUT2D eigenvalue weighted by molar-refractivity contribution is 7.09. The van der Waals surface area contributed by atoms with Crippen molar-refractivity contribution in [3.05, 3.63) is 46.2 Å².